The number of primary amides is 1. The largest absolute Gasteiger partial charge is 0.352 e. The second kappa shape index (κ2) is 9.14. The third kappa shape index (κ3) is 5.39. The number of nitrogens with zero attached hydrogens (tertiary/aromatic N) is 2. The van der Waals surface area contributed by atoms with E-state index >= 15 is 0 Å². The second-order valence-electron chi connectivity index (χ2n) is 6.39. The van der Waals surface area contributed by atoms with Gasteiger partial charge >= 0.3 is 6.03 Å². The zero-order valence-electron chi connectivity index (χ0n) is 15.2. The molecule has 1 fully saturated rings. The van der Waals surface area contributed by atoms with Crippen LogP contribution in [0.1, 0.15) is 26.2 Å². The molecule has 1 aliphatic heterocycles. The molecule has 1 heterocycles. The molecule has 1 atom stereocenters. The van der Waals surface area contributed by atoms with E-state index in [1.807, 2.05) is 6.92 Å². The summed E-state index contributed by atoms with van der Waals surface area (Å²) in [6.45, 7) is 2.55. The molecule has 10 heteroatoms. The third-order valence-electron chi connectivity index (χ3n) is 4.45. The highest BCUT2D eigenvalue weighted by Gasteiger charge is 2.32. The van der Waals surface area contributed by atoms with Crippen molar-refractivity contribution in [3.05, 3.63) is 30.1 Å². The van der Waals surface area contributed by atoms with E-state index in [-0.39, 0.29) is 37.0 Å². The molecule has 3 N–H and O–H groups in total. The number of hydrogen-bond acceptors (Lipinski definition) is 4. The van der Waals surface area contributed by atoms with E-state index in [4.69, 9.17) is 5.73 Å². The lowest BCUT2D eigenvalue weighted by atomic mass is 10.1. The Morgan fingerprint density at radius 3 is 2.48 bits per heavy atom. The summed E-state index contributed by atoms with van der Waals surface area (Å²) in [6, 6.07) is 3.36. The number of nitrogens with one attached hydrogen (secondary N) is 1. The van der Waals surface area contributed by atoms with E-state index in [1.54, 1.807) is 0 Å². The van der Waals surface area contributed by atoms with Crippen LogP contribution in [0.5, 0.6) is 0 Å². The van der Waals surface area contributed by atoms with Crippen molar-refractivity contribution in [3.63, 3.8) is 0 Å². The molecule has 0 aliphatic carbocycles. The van der Waals surface area contributed by atoms with Crippen LogP contribution in [-0.4, -0.2) is 61.8 Å². The van der Waals surface area contributed by atoms with Crippen molar-refractivity contribution in [2.45, 2.75) is 37.1 Å². The maximum atomic E-state index is 13.3. The predicted molar refractivity (Wildman–Crippen MR) is 97.8 cm³/mol. The lowest BCUT2D eigenvalue weighted by Gasteiger charge is -2.35. The van der Waals surface area contributed by atoms with E-state index < -0.39 is 27.9 Å². The first kappa shape index (κ1) is 21.1. The molecule has 1 unspecified atom stereocenters. The number of halogens is 1. The SMILES string of the molecule is CCCCC(NC(N)=O)C(=O)N1CCN(S(=O)(=O)c2cccc(F)c2)CC1. The molecule has 1 aliphatic rings. The van der Waals surface area contributed by atoms with Crippen LogP contribution in [0, 0.1) is 5.82 Å². The fraction of sp³-hybridized carbons (Fsp3) is 0.529. The number of unbranched alkanes of at least 4 members (excludes halogenated alkanes) is 1. The molecule has 1 aromatic carbocycles. The van der Waals surface area contributed by atoms with Crippen molar-refractivity contribution >= 4 is 22.0 Å². The van der Waals surface area contributed by atoms with Crippen LogP contribution >= 0.6 is 0 Å². The smallest absolute Gasteiger partial charge is 0.312 e. The van der Waals surface area contributed by atoms with Gasteiger partial charge in [0.1, 0.15) is 11.9 Å². The number of hydrogen-bond donors (Lipinski definition) is 2. The van der Waals surface area contributed by atoms with Gasteiger partial charge in [0.2, 0.25) is 15.9 Å². The fourth-order valence-electron chi connectivity index (χ4n) is 2.98. The number of urea groups is 1. The Hall–Kier alpha value is -2.20. The highest BCUT2D eigenvalue weighted by atomic mass is 32.2. The van der Waals surface area contributed by atoms with E-state index in [0.717, 1.165) is 18.9 Å². The first-order chi connectivity index (χ1) is 12.8. The molecule has 8 nitrogen and oxygen atoms in total. The Labute approximate surface area is 158 Å². The molecule has 150 valence electrons. The number of rotatable bonds is 7. The van der Waals surface area contributed by atoms with Crippen LogP contribution in [0.25, 0.3) is 0 Å². The molecule has 3 amide bonds. The van der Waals surface area contributed by atoms with Crippen molar-refractivity contribution in [3.8, 4) is 0 Å². The number of benzene rings is 1. The molecular weight excluding hydrogens is 375 g/mol. The van der Waals surface area contributed by atoms with E-state index in [1.165, 1.54) is 27.4 Å². The summed E-state index contributed by atoms with van der Waals surface area (Å²) in [4.78, 5) is 25.2. The van der Waals surface area contributed by atoms with Crippen LogP contribution in [0.3, 0.4) is 0 Å². The molecule has 1 aromatic rings. The first-order valence-electron chi connectivity index (χ1n) is 8.86. The van der Waals surface area contributed by atoms with Gasteiger partial charge in [-0.3, -0.25) is 4.79 Å². The summed E-state index contributed by atoms with van der Waals surface area (Å²) in [6.07, 6.45) is 2.09. The molecular formula is C17H25FN4O4S. The second-order valence-corrected chi connectivity index (χ2v) is 8.33. The summed E-state index contributed by atoms with van der Waals surface area (Å²) in [7, 11) is -3.82. The van der Waals surface area contributed by atoms with Crippen molar-refractivity contribution in [2.24, 2.45) is 5.73 Å². The fourth-order valence-corrected chi connectivity index (χ4v) is 4.44. The van der Waals surface area contributed by atoms with Gasteiger partial charge in [-0.25, -0.2) is 17.6 Å². The number of piperazine rings is 1. The van der Waals surface area contributed by atoms with Crippen molar-refractivity contribution in [2.75, 3.05) is 26.2 Å². The van der Waals surface area contributed by atoms with Crippen molar-refractivity contribution in [1.82, 2.24) is 14.5 Å². The van der Waals surface area contributed by atoms with E-state index in [0.29, 0.717) is 6.42 Å². The molecule has 0 aromatic heterocycles. The standard InChI is InChI=1S/C17H25FN4O4S/c1-2-3-7-15(20-17(19)24)16(23)21-8-10-22(11-9-21)27(25,26)14-6-4-5-13(18)12-14/h4-6,12,15H,2-3,7-11H2,1H3,(H3,19,20,24). The summed E-state index contributed by atoms with van der Waals surface area (Å²) in [5.74, 6) is -0.897. The Morgan fingerprint density at radius 2 is 1.93 bits per heavy atom. The molecule has 0 radical (unpaired) electrons. The minimum Gasteiger partial charge on any atom is -0.352 e. The molecule has 0 saturated carbocycles. The Balaban J connectivity index is 2.02. The van der Waals surface area contributed by atoms with Gasteiger partial charge in [-0.1, -0.05) is 25.8 Å². The maximum absolute atomic E-state index is 13.3. The van der Waals surface area contributed by atoms with Crippen molar-refractivity contribution < 1.29 is 22.4 Å². The van der Waals surface area contributed by atoms with E-state index in [2.05, 4.69) is 5.32 Å². The highest BCUT2D eigenvalue weighted by Crippen LogP contribution is 2.19. The first-order valence-corrected chi connectivity index (χ1v) is 10.3. The molecule has 27 heavy (non-hydrogen) atoms. The normalized spacial score (nSPS) is 16.7. The zero-order chi connectivity index (χ0) is 20.0. The number of amides is 3. The van der Waals surface area contributed by atoms with E-state index in [9.17, 15) is 22.4 Å². The Morgan fingerprint density at radius 1 is 1.26 bits per heavy atom. The number of carbonyl (C=O) groups is 2. The average molecular weight is 400 g/mol. The summed E-state index contributed by atoms with van der Waals surface area (Å²) in [5, 5.41) is 2.46. The van der Waals surface area contributed by atoms with Crippen molar-refractivity contribution in [1.29, 1.82) is 0 Å². The number of nitrogens with two attached hydrogens (primary N) is 1. The summed E-state index contributed by atoms with van der Waals surface area (Å²) < 4.78 is 39.8. The van der Waals surface area contributed by atoms with Crippen LogP contribution < -0.4 is 11.1 Å². The van der Waals surface area contributed by atoms with Gasteiger partial charge in [0.05, 0.1) is 4.90 Å². The van der Waals surface area contributed by atoms with Crippen LogP contribution in [0.15, 0.2) is 29.2 Å². The minimum absolute atomic E-state index is 0.0989. The van der Waals surface area contributed by atoms with Gasteiger partial charge in [-0.2, -0.15) is 4.31 Å². The third-order valence-corrected chi connectivity index (χ3v) is 6.34. The monoisotopic (exact) mass is 400 g/mol. The minimum atomic E-state index is -3.82. The number of carbonyl (C=O) groups excluding carboxylic acids is 2. The van der Waals surface area contributed by atoms with Crippen LogP contribution in [-0.2, 0) is 14.8 Å². The topological polar surface area (TPSA) is 113 Å². The Kier molecular flexibility index (Phi) is 7.14. The predicted octanol–water partition coefficient (Wildman–Crippen LogP) is 0.886. The summed E-state index contributed by atoms with van der Waals surface area (Å²) >= 11 is 0. The zero-order valence-corrected chi connectivity index (χ0v) is 16.0. The van der Waals surface area contributed by atoms with Crippen LogP contribution in [0.2, 0.25) is 0 Å². The van der Waals surface area contributed by atoms with Gasteiger partial charge in [0, 0.05) is 26.2 Å². The maximum Gasteiger partial charge on any atom is 0.312 e. The Bertz CT molecular complexity index is 779. The summed E-state index contributed by atoms with van der Waals surface area (Å²) in [5.41, 5.74) is 5.15. The highest BCUT2D eigenvalue weighted by molar-refractivity contribution is 7.89. The molecule has 1 saturated heterocycles. The van der Waals surface area contributed by atoms with Gasteiger partial charge in [-0.15, -0.1) is 0 Å². The quantitative estimate of drug-likeness (QED) is 0.707. The lowest BCUT2D eigenvalue weighted by molar-refractivity contribution is -0.134. The molecule has 2 rings (SSSR count). The lowest BCUT2D eigenvalue weighted by Crippen LogP contribution is -2.56. The van der Waals surface area contributed by atoms with Gasteiger partial charge in [0.15, 0.2) is 0 Å². The molecule has 0 spiro atoms. The van der Waals surface area contributed by atoms with Gasteiger partial charge in [0.25, 0.3) is 0 Å². The molecule has 0 bridgehead atoms. The van der Waals surface area contributed by atoms with Crippen LogP contribution in [0.4, 0.5) is 9.18 Å². The average Bonchev–Trinajstić information content (AvgIpc) is 2.64. The van der Waals surface area contributed by atoms with Gasteiger partial charge in [-0.05, 0) is 24.6 Å². The van der Waals surface area contributed by atoms with Gasteiger partial charge < -0.3 is 16.0 Å². The number of sulfonamides is 1.